The first-order chi connectivity index (χ1) is 8.04. The molecule has 0 heterocycles. The largest absolute Gasteiger partial charge is 0.465 e. The number of nitrogen functional groups attached to an aromatic ring is 1. The van der Waals surface area contributed by atoms with Crippen LogP contribution in [0.5, 0.6) is 0 Å². The number of anilines is 1. The first kappa shape index (κ1) is 13.1. The maximum Gasteiger partial charge on any atom is 0.317 e. The molecule has 90 valence electrons. The highest BCUT2D eigenvalue weighted by Crippen LogP contribution is 2.17. The molecule has 0 aromatic heterocycles. The molecule has 1 rings (SSSR count). The van der Waals surface area contributed by atoms with Crippen molar-refractivity contribution in [1.82, 2.24) is 0 Å². The molecule has 3 heteroatoms. The van der Waals surface area contributed by atoms with Gasteiger partial charge in [-0.3, -0.25) is 4.79 Å². The normalized spacial score (nSPS) is 9.35. The summed E-state index contributed by atoms with van der Waals surface area (Å²) < 4.78 is 4.78. The van der Waals surface area contributed by atoms with Gasteiger partial charge in [-0.25, -0.2) is 0 Å². The van der Waals surface area contributed by atoms with Crippen molar-refractivity contribution in [2.75, 3.05) is 12.3 Å². The number of aryl methyl sites for hydroxylation is 2. The maximum atomic E-state index is 11.1. The van der Waals surface area contributed by atoms with Gasteiger partial charge in [-0.05, 0) is 44.0 Å². The van der Waals surface area contributed by atoms with Crippen molar-refractivity contribution < 1.29 is 9.53 Å². The lowest BCUT2D eigenvalue weighted by molar-refractivity contribution is -0.141. The highest BCUT2D eigenvalue weighted by atomic mass is 16.5. The summed E-state index contributed by atoms with van der Waals surface area (Å²) >= 11 is 0. The molecule has 0 bridgehead atoms. The average molecular weight is 231 g/mol. The Hall–Kier alpha value is -1.95. The lowest BCUT2D eigenvalue weighted by Gasteiger charge is -2.04. The molecule has 1 aromatic carbocycles. The number of nitrogens with two attached hydrogens (primary N) is 1. The number of carbonyl (C=O) groups excluding carboxylic acids is 1. The molecule has 0 amide bonds. The molecule has 3 nitrogen and oxygen atoms in total. The van der Waals surface area contributed by atoms with Crippen LogP contribution in [0.3, 0.4) is 0 Å². The molecule has 0 atom stereocenters. The van der Waals surface area contributed by atoms with Crippen LogP contribution in [0.15, 0.2) is 12.1 Å². The molecule has 0 aliphatic heterocycles. The number of benzene rings is 1. The lowest BCUT2D eigenvalue weighted by atomic mass is 10.0. The third-order valence-corrected chi connectivity index (χ3v) is 2.36. The van der Waals surface area contributed by atoms with Crippen molar-refractivity contribution in [1.29, 1.82) is 0 Å². The quantitative estimate of drug-likeness (QED) is 0.482. The molecule has 0 aliphatic carbocycles. The molecule has 0 fully saturated rings. The number of carbonyl (C=O) groups is 1. The minimum Gasteiger partial charge on any atom is -0.465 e. The molecule has 0 aliphatic rings. The maximum absolute atomic E-state index is 11.1. The van der Waals surface area contributed by atoms with Gasteiger partial charge >= 0.3 is 5.97 Å². The van der Waals surface area contributed by atoms with E-state index in [1.54, 1.807) is 6.92 Å². The van der Waals surface area contributed by atoms with Gasteiger partial charge in [0.05, 0.1) is 6.61 Å². The van der Waals surface area contributed by atoms with Gasteiger partial charge in [-0.2, -0.15) is 0 Å². The Bertz CT molecular complexity index is 458. The zero-order valence-corrected chi connectivity index (χ0v) is 10.5. The Kier molecular flexibility index (Phi) is 4.59. The van der Waals surface area contributed by atoms with E-state index in [9.17, 15) is 4.79 Å². The van der Waals surface area contributed by atoms with Gasteiger partial charge in [0.2, 0.25) is 0 Å². The van der Waals surface area contributed by atoms with E-state index in [0.29, 0.717) is 6.61 Å². The van der Waals surface area contributed by atoms with Crippen LogP contribution in [0, 0.1) is 25.7 Å². The number of rotatable bonds is 2. The summed E-state index contributed by atoms with van der Waals surface area (Å²) in [5.74, 6) is 5.44. The van der Waals surface area contributed by atoms with E-state index in [1.165, 1.54) is 0 Å². The Balaban J connectivity index is 2.76. The highest BCUT2D eigenvalue weighted by molar-refractivity contribution is 5.72. The predicted octanol–water partition coefficient (Wildman–Crippen LogP) is 2.19. The minimum absolute atomic E-state index is 0.121. The lowest BCUT2D eigenvalue weighted by Crippen LogP contribution is -2.01. The fourth-order valence-electron chi connectivity index (χ4n) is 1.48. The fraction of sp³-hybridized carbons (Fsp3) is 0.357. The van der Waals surface area contributed by atoms with E-state index >= 15 is 0 Å². The summed E-state index contributed by atoms with van der Waals surface area (Å²) in [7, 11) is 0. The van der Waals surface area contributed by atoms with E-state index in [1.807, 2.05) is 26.0 Å². The summed E-state index contributed by atoms with van der Waals surface area (Å²) in [4.78, 5) is 11.1. The first-order valence-electron chi connectivity index (χ1n) is 5.55. The van der Waals surface area contributed by atoms with E-state index in [4.69, 9.17) is 10.5 Å². The highest BCUT2D eigenvalue weighted by Gasteiger charge is 2.00. The van der Waals surface area contributed by atoms with Gasteiger partial charge < -0.3 is 10.5 Å². The SMILES string of the molecule is CCOC(=O)CC#Cc1cc(C)c(N)c(C)c1. The number of hydrogen-bond acceptors (Lipinski definition) is 3. The third kappa shape index (κ3) is 3.84. The van der Waals surface area contributed by atoms with Crippen LogP contribution in [0.4, 0.5) is 5.69 Å². The number of esters is 1. The van der Waals surface area contributed by atoms with Crippen molar-refractivity contribution >= 4 is 11.7 Å². The van der Waals surface area contributed by atoms with Crippen LogP contribution in [0.2, 0.25) is 0 Å². The van der Waals surface area contributed by atoms with Crippen molar-refractivity contribution in [3.8, 4) is 11.8 Å². The Morgan fingerprint density at radius 2 is 1.94 bits per heavy atom. The summed E-state index contributed by atoms with van der Waals surface area (Å²) in [6.45, 7) is 6.05. The second-order valence-corrected chi connectivity index (χ2v) is 3.81. The van der Waals surface area contributed by atoms with Crippen LogP contribution >= 0.6 is 0 Å². The van der Waals surface area contributed by atoms with E-state index < -0.39 is 0 Å². The summed E-state index contributed by atoms with van der Waals surface area (Å²) in [5.41, 5.74) is 9.52. The number of ether oxygens (including phenoxy) is 1. The van der Waals surface area contributed by atoms with Crippen LogP contribution < -0.4 is 5.73 Å². The van der Waals surface area contributed by atoms with Crippen LogP contribution in [-0.2, 0) is 9.53 Å². The van der Waals surface area contributed by atoms with Crippen LogP contribution in [-0.4, -0.2) is 12.6 Å². The van der Waals surface area contributed by atoms with Gasteiger partial charge in [-0.15, -0.1) is 0 Å². The zero-order valence-electron chi connectivity index (χ0n) is 10.5. The second kappa shape index (κ2) is 5.95. The molecule has 0 unspecified atom stereocenters. The molecular weight excluding hydrogens is 214 g/mol. The van der Waals surface area contributed by atoms with Gasteiger partial charge in [0.15, 0.2) is 0 Å². The predicted molar refractivity (Wildman–Crippen MR) is 68.5 cm³/mol. The average Bonchev–Trinajstić information content (AvgIpc) is 2.26. The van der Waals surface area contributed by atoms with Gasteiger partial charge in [0.25, 0.3) is 0 Å². The Morgan fingerprint density at radius 1 is 1.35 bits per heavy atom. The molecular formula is C14H17NO2. The smallest absolute Gasteiger partial charge is 0.317 e. The van der Waals surface area contributed by atoms with Crippen molar-refractivity contribution in [3.05, 3.63) is 28.8 Å². The zero-order chi connectivity index (χ0) is 12.8. The molecule has 0 spiro atoms. The summed E-state index contributed by atoms with van der Waals surface area (Å²) in [6, 6.07) is 3.83. The van der Waals surface area contributed by atoms with E-state index in [-0.39, 0.29) is 12.4 Å². The topological polar surface area (TPSA) is 52.3 Å². The molecule has 0 saturated heterocycles. The Labute approximate surface area is 102 Å². The minimum atomic E-state index is -0.288. The van der Waals surface area contributed by atoms with E-state index in [0.717, 1.165) is 22.4 Å². The van der Waals surface area contributed by atoms with Gasteiger partial charge in [-0.1, -0.05) is 11.8 Å². The third-order valence-electron chi connectivity index (χ3n) is 2.36. The van der Waals surface area contributed by atoms with E-state index in [2.05, 4.69) is 11.8 Å². The fourth-order valence-corrected chi connectivity index (χ4v) is 1.48. The number of hydrogen-bond donors (Lipinski definition) is 1. The standard InChI is InChI=1S/C14H17NO2/c1-4-17-13(16)7-5-6-12-8-10(2)14(15)11(3)9-12/h8-9H,4,7,15H2,1-3H3. The first-order valence-corrected chi connectivity index (χ1v) is 5.55. The van der Waals surface area contributed by atoms with Gasteiger partial charge in [0, 0.05) is 11.3 Å². The summed E-state index contributed by atoms with van der Waals surface area (Å²) in [5, 5.41) is 0. The van der Waals surface area contributed by atoms with Crippen molar-refractivity contribution in [2.24, 2.45) is 0 Å². The van der Waals surface area contributed by atoms with Crippen LogP contribution in [0.25, 0.3) is 0 Å². The summed E-state index contributed by atoms with van der Waals surface area (Å²) in [6.07, 6.45) is 0.121. The molecule has 1 aromatic rings. The van der Waals surface area contributed by atoms with Crippen LogP contribution in [0.1, 0.15) is 30.0 Å². The Morgan fingerprint density at radius 3 is 2.47 bits per heavy atom. The molecule has 17 heavy (non-hydrogen) atoms. The molecule has 2 N–H and O–H groups in total. The van der Waals surface area contributed by atoms with Gasteiger partial charge in [0.1, 0.15) is 6.42 Å². The van der Waals surface area contributed by atoms with Crippen molar-refractivity contribution in [2.45, 2.75) is 27.2 Å². The monoisotopic (exact) mass is 231 g/mol. The van der Waals surface area contributed by atoms with Crippen molar-refractivity contribution in [3.63, 3.8) is 0 Å². The second-order valence-electron chi connectivity index (χ2n) is 3.81. The molecule has 0 radical (unpaired) electrons. The molecule has 0 saturated carbocycles.